The molecule has 0 aliphatic heterocycles. The molecule has 0 radical (unpaired) electrons. The number of hydrogen-bond donors (Lipinski definition) is 10. The summed E-state index contributed by atoms with van der Waals surface area (Å²) < 4.78 is 62.4. The summed E-state index contributed by atoms with van der Waals surface area (Å²) in [5.41, 5.74) is 10.2. The summed E-state index contributed by atoms with van der Waals surface area (Å²) in [5, 5.41) is 34.0. The van der Waals surface area contributed by atoms with Crippen molar-refractivity contribution in [2.24, 2.45) is 35.2 Å². The normalized spacial score (nSPS) is 10.8. The lowest BCUT2D eigenvalue weighted by molar-refractivity contribution is -0.117. The molecule has 33 nitrogen and oxygen atoms in total. The molecule has 0 bridgehead atoms. The fraction of sp³-hybridized carbons (Fsp3) is 0.237. The number of halogens is 4. The molecule has 0 spiro atoms. The Morgan fingerprint density at radius 2 is 0.622 bits per heavy atom. The molecule has 0 aliphatic rings. The molecule has 0 aliphatic carbocycles. The number of nitrogens with zero attached hydrogens (tertiary/aromatic N) is 8. The van der Waals surface area contributed by atoms with Gasteiger partial charge in [-0.2, -0.15) is 5.26 Å². The third-order valence-corrected chi connectivity index (χ3v) is 22.5. The van der Waals surface area contributed by atoms with E-state index in [9.17, 15) is 87.5 Å². The maximum absolute atomic E-state index is 13.7. The van der Waals surface area contributed by atoms with Crippen molar-refractivity contribution in [2.45, 2.75) is 88.0 Å². The van der Waals surface area contributed by atoms with E-state index < -0.39 is 91.3 Å². The summed E-state index contributed by atoms with van der Waals surface area (Å²) in [7, 11) is -0.322. The Morgan fingerprint density at radius 1 is 0.348 bits per heavy atom. The third-order valence-electron chi connectivity index (χ3n) is 21.1. The number of ketones is 5. The van der Waals surface area contributed by atoms with E-state index in [1.54, 1.807) is 176 Å². The van der Waals surface area contributed by atoms with Crippen molar-refractivity contribution in [1.82, 2.24) is 59.4 Å². The number of rotatable bonds is 26. The quantitative estimate of drug-likeness (QED) is 0.0104. The van der Waals surface area contributed by atoms with Crippen molar-refractivity contribution in [3.63, 3.8) is 0 Å². The van der Waals surface area contributed by atoms with Gasteiger partial charge in [0.1, 0.15) is 28.5 Å². The van der Waals surface area contributed by atoms with E-state index in [0.29, 0.717) is 108 Å². The number of terminal acetylenes is 5. The van der Waals surface area contributed by atoms with Crippen molar-refractivity contribution in [1.29, 1.82) is 5.26 Å². The molecular weight excluding hydrogens is 1770 g/mol. The van der Waals surface area contributed by atoms with Crippen LogP contribution in [0.4, 0.5) is 44.0 Å². The SMILES string of the molecule is C#CCNC(=O)C(=O)c1c(C)c(C(=O)Nc2ccc(C)c(C#N)c2)n(C)c1C.C#CCNC(=O)C(=O)c1c(C)c(C(=O)Nc2ccc(C)nc2)n(C)c1C.C#CCNC(=O)C(=O)c1c(C)c(C(=O)Nc2cccc(S(C)(F)(F)(F)F)c2)n(C)c1C.C#CCNC(=O)C(=O)c1c(C)c(C(=O)Nc2ccccc2)n(C)c1C.C#CCNC(=O)C(=O)c1c(C)c(C(=O)Nc2cccnc2)n(C)c1C. The first-order valence-corrected chi connectivity index (χ1v) is 42.8. The summed E-state index contributed by atoms with van der Waals surface area (Å²) in [6.07, 6.45) is 29.6. The van der Waals surface area contributed by atoms with E-state index >= 15 is 0 Å². The number of carbonyl (C=O) groups is 15. The summed E-state index contributed by atoms with van der Waals surface area (Å²) in [6.45, 7) is 19.5. The van der Waals surface area contributed by atoms with Crippen LogP contribution in [0.2, 0.25) is 0 Å². The second-order valence-corrected chi connectivity index (χ2v) is 33.7. The van der Waals surface area contributed by atoms with Gasteiger partial charge in [0.25, 0.3) is 88.0 Å². The summed E-state index contributed by atoms with van der Waals surface area (Å²) in [4.78, 5) is 192. The van der Waals surface area contributed by atoms with Gasteiger partial charge in [-0.05, 0) is 183 Å². The number of para-hydroxylation sites is 1. The van der Waals surface area contributed by atoms with Crippen LogP contribution in [0.15, 0.2) is 121 Å². The number of anilines is 5. The second-order valence-electron chi connectivity index (χ2n) is 30.3. The molecule has 0 fully saturated rings. The number of amides is 10. The standard InChI is InChI=1S/C21H20N4O3.C20H21F4N3O3S.C19H20N4O3.C19H19N3O3.C18H18N4O3/c1-6-9-23-21(28)19(26)17-13(3)18(25(5)14(17)4)20(27)24-16-8-7-12(2)15(10-16)11-22;1-6-10-25-20(30)18(28)16-12(2)17(27(4)13(16)3)19(29)26-14-8-7-9-15(11-14)31(5,21,22,23)24;1-6-9-20-19(26)17(24)15-12(3)16(23(5)13(15)4)18(25)22-14-8-7-11(2)21-10-14;1-5-11-20-19(25)17(23)15-12(2)16(22(4)13(15)3)18(24)21-14-9-7-6-8-10-14;1-5-8-20-18(25)16(23)14-11(2)15(22(4)12(14)3)17(24)21-13-7-6-9-19-10-13/h1,7-8,10H,9H2,2-5H3,(H,23,28)(H,24,27);1,7-9,11H,10H2,2-5H3,(H,25,30)(H,26,29);1,7-8,10H,9H2,2-5H3,(H,20,26)(H,22,25);1,6-10H,11H2,2-4H3,(H,20,25)(H,21,24);1,6-7,9-10H,8H2,2-4H3,(H,20,25)(H,21,24). The van der Waals surface area contributed by atoms with Crippen molar-refractivity contribution in [2.75, 3.05) is 65.6 Å². The van der Waals surface area contributed by atoms with Gasteiger partial charge < -0.3 is 76.0 Å². The van der Waals surface area contributed by atoms with Crippen molar-refractivity contribution in [3.05, 3.63) is 245 Å². The minimum Gasteiger partial charge on any atom is -0.343 e. The third kappa shape index (κ3) is 25.9. The van der Waals surface area contributed by atoms with Crippen LogP contribution in [0.5, 0.6) is 0 Å². The first-order valence-electron chi connectivity index (χ1n) is 40.4. The Hall–Kier alpha value is -17.2. The number of aryl methyl sites for hydroxylation is 2. The minimum absolute atomic E-state index is 0.0206. The highest BCUT2D eigenvalue weighted by molar-refractivity contribution is 8.49. The number of nitrogens with one attached hydrogen (secondary N) is 10. The Morgan fingerprint density at radius 3 is 0.896 bits per heavy atom. The number of nitriles is 1. The zero-order chi connectivity index (χ0) is 101. The fourth-order valence-electron chi connectivity index (χ4n) is 14.0. The molecule has 0 saturated carbocycles. The zero-order valence-corrected chi connectivity index (χ0v) is 77.8. The average molecular weight is 1860 g/mol. The lowest BCUT2D eigenvalue weighted by atomic mass is 10.0. The lowest BCUT2D eigenvalue weighted by Crippen LogP contribution is -2.31. The predicted octanol–water partition coefficient (Wildman–Crippen LogP) is 10.8. The maximum atomic E-state index is 13.7. The Bertz CT molecular complexity index is 6610. The molecule has 0 atom stereocenters. The van der Waals surface area contributed by atoms with E-state index in [1.165, 1.54) is 37.7 Å². The monoisotopic (exact) mass is 1860 g/mol. The minimum atomic E-state index is -8.43. The first-order chi connectivity index (χ1) is 63.2. The molecule has 7 heterocycles. The van der Waals surface area contributed by atoms with Gasteiger partial charge in [-0.25, -0.2) is 0 Å². The van der Waals surface area contributed by atoms with E-state index in [2.05, 4.69) is 98.8 Å². The van der Waals surface area contributed by atoms with Crippen LogP contribution in [-0.4, -0.2) is 160 Å². The van der Waals surface area contributed by atoms with Crippen LogP contribution in [0.25, 0.3) is 0 Å². The van der Waals surface area contributed by atoms with Gasteiger partial charge in [-0.1, -0.05) is 59.9 Å². The van der Waals surface area contributed by atoms with Crippen LogP contribution in [0, 0.1) is 156 Å². The number of hydrogen-bond acceptors (Lipinski definition) is 18. The molecule has 700 valence electrons. The number of benzene rings is 3. The number of Topliss-reactive ketones (excluding diaryl/α,β-unsaturated/α-hetero) is 5. The Kier molecular flexibility index (Phi) is 35.4. The fourth-order valence-corrected chi connectivity index (χ4v) is 14.8. The van der Waals surface area contributed by atoms with Crippen LogP contribution < -0.4 is 53.2 Å². The van der Waals surface area contributed by atoms with Gasteiger partial charge in [-0.3, -0.25) is 81.9 Å². The van der Waals surface area contributed by atoms with Gasteiger partial charge in [0.15, 0.2) is 9.84 Å². The Balaban J connectivity index is 0.000000260. The molecule has 38 heteroatoms. The van der Waals surface area contributed by atoms with Crippen molar-refractivity contribution >= 4 is 126 Å². The molecule has 10 rings (SSSR count). The largest absolute Gasteiger partial charge is 0.343 e. The van der Waals surface area contributed by atoms with Crippen LogP contribution in [0.3, 0.4) is 0 Å². The molecule has 3 aromatic carbocycles. The van der Waals surface area contributed by atoms with Gasteiger partial charge in [0.05, 0.1) is 107 Å². The van der Waals surface area contributed by atoms with E-state index in [4.69, 9.17) is 37.4 Å². The average Bonchev–Trinajstić information content (AvgIpc) is 1.58. The van der Waals surface area contributed by atoms with Gasteiger partial charge in [-0.15, -0.1) is 47.7 Å². The molecule has 0 saturated heterocycles. The van der Waals surface area contributed by atoms with E-state index in [-0.39, 0.29) is 101 Å². The predicted molar refractivity (Wildman–Crippen MR) is 503 cm³/mol. The highest BCUT2D eigenvalue weighted by Gasteiger charge is 2.59. The molecule has 10 N–H and O–H groups in total. The highest BCUT2D eigenvalue weighted by atomic mass is 32.5. The van der Waals surface area contributed by atoms with Crippen molar-refractivity contribution in [3.8, 4) is 67.8 Å². The molecule has 7 aromatic heterocycles. The highest BCUT2D eigenvalue weighted by Crippen LogP contribution is 2.98. The second kappa shape index (κ2) is 44.9. The molecule has 0 unspecified atom stereocenters. The maximum Gasteiger partial charge on any atom is 0.293 e. The summed E-state index contributed by atoms with van der Waals surface area (Å²) >= 11 is 0. The first kappa shape index (κ1) is 107. The number of carbonyl (C=O) groups excluding carboxylic acids is 15. The summed E-state index contributed by atoms with van der Waals surface area (Å²) in [6, 6.07) is 26.2. The summed E-state index contributed by atoms with van der Waals surface area (Å²) in [5.74, 6) is 0.750. The van der Waals surface area contributed by atoms with Gasteiger partial charge in [0.2, 0.25) is 0 Å². The lowest BCUT2D eigenvalue weighted by Gasteiger charge is -2.46. The van der Waals surface area contributed by atoms with E-state index in [0.717, 1.165) is 17.3 Å². The van der Waals surface area contributed by atoms with Gasteiger partial charge >= 0.3 is 0 Å². The number of aromatic nitrogens is 7. The molecule has 135 heavy (non-hydrogen) atoms. The van der Waals surface area contributed by atoms with E-state index in [1.807, 2.05) is 25.1 Å². The smallest absolute Gasteiger partial charge is 0.293 e. The van der Waals surface area contributed by atoms with Crippen molar-refractivity contribution < 1.29 is 87.5 Å². The molecule has 10 aromatic rings. The van der Waals surface area contributed by atoms with Crippen LogP contribution in [-0.2, 0) is 59.2 Å². The molecular formula is C97H98F4N18O15S. The van der Waals surface area contributed by atoms with Crippen LogP contribution in [0.1, 0.15) is 177 Å². The Labute approximate surface area is 776 Å². The van der Waals surface area contributed by atoms with Gasteiger partial charge in [0, 0.05) is 92.7 Å². The topological polar surface area (TPSA) is 451 Å². The molecule has 10 amide bonds. The zero-order valence-electron chi connectivity index (χ0n) is 77.0. The number of pyridine rings is 2. The van der Waals surface area contributed by atoms with Crippen LogP contribution >= 0.6 is 9.84 Å².